The summed E-state index contributed by atoms with van der Waals surface area (Å²) in [6, 6.07) is 0.309. The van der Waals surface area contributed by atoms with Crippen LogP contribution in [-0.4, -0.2) is 24.0 Å². The van der Waals surface area contributed by atoms with Gasteiger partial charge in [0.1, 0.15) is 0 Å². The van der Waals surface area contributed by atoms with Gasteiger partial charge in [-0.05, 0) is 19.6 Å². The summed E-state index contributed by atoms with van der Waals surface area (Å²) in [5.74, 6) is 1.17. The number of carbonyl (C=O) groups is 1. The zero-order chi connectivity index (χ0) is 8.69. The predicted molar refractivity (Wildman–Crippen MR) is 50.9 cm³/mol. The molecule has 0 rings (SSSR count). The molecule has 66 valence electrons. The first-order chi connectivity index (χ1) is 5.20. The van der Waals surface area contributed by atoms with E-state index in [-0.39, 0.29) is 5.91 Å². The highest BCUT2D eigenvalue weighted by Crippen LogP contribution is 1.96. The van der Waals surface area contributed by atoms with Crippen LogP contribution in [0.2, 0.25) is 0 Å². The Hall–Kier alpha value is -0.180. The summed E-state index contributed by atoms with van der Waals surface area (Å²) in [4.78, 5) is 11.0. The third-order valence-electron chi connectivity index (χ3n) is 1.30. The van der Waals surface area contributed by atoms with E-state index in [4.69, 9.17) is 0 Å². The Morgan fingerprint density at radius 2 is 2.27 bits per heavy atom. The summed E-state index contributed by atoms with van der Waals surface area (Å²) in [5.41, 5.74) is 0. The first-order valence-electron chi connectivity index (χ1n) is 3.99. The molecule has 0 aromatic heterocycles. The van der Waals surface area contributed by atoms with Crippen LogP contribution < -0.4 is 5.32 Å². The molecule has 0 radical (unpaired) electrons. The molecule has 0 bridgehead atoms. The van der Waals surface area contributed by atoms with Gasteiger partial charge < -0.3 is 5.32 Å². The van der Waals surface area contributed by atoms with Crippen LogP contribution in [0, 0.1) is 0 Å². The van der Waals surface area contributed by atoms with E-state index in [1.807, 2.05) is 20.1 Å². The maximum absolute atomic E-state index is 11.0. The van der Waals surface area contributed by atoms with Crippen LogP contribution in [0.3, 0.4) is 0 Å². The zero-order valence-corrected chi connectivity index (χ0v) is 8.33. The third-order valence-corrected chi connectivity index (χ3v) is 2.13. The lowest BCUT2D eigenvalue weighted by Gasteiger charge is -2.11. The Bertz CT molecular complexity index is 117. The molecule has 0 saturated carbocycles. The quantitative estimate of drug-likeness (QED) is 0.688. The molecule has 0 heterocycles. The molecule has 1 atom stereocenters. The molecule has 0 aliphatic rings. The van der Waals surface area contributed by atoms with E-state index in [1.54, 1.807) is 11.8 Å². The second-order valence-electron chi connectivity index (χ2n) is 2.67. The fourth-order valence-corrected chi connectivity index (χ4v) is 1.45. The minimum absolute atomic E-state index is 0.175. The molecule has 0 fully saturated rings. The Balaban J connectivity index is 3.40. The maximum atomic E-state index is 11.0. The van der Waals surface area contributed by atoms with Gasteiger partial charge in [0, 0.05) is 18.2 Å². The van der Waals surface area contributed by atoms with Crippen molar-refractivity contribution in [3.05, 3.63) is 0 Å². The number of hydrogen-bond donors (Lipinski definition) is 1. The molecule has 1 N–H and O–H groups in total. The fraction of sp³-hybridized carbons (Fsp3) is 0.875. The lowest BCUT2D eigenvalue weighted by Crippen LogP contribution is -2.33. The molecule has 2 nitrogen and oxygen atoms in total. The van der Waals surface area contributed by atoms with E-state index < -0.39 is 0 Å². The van der Waals surface area contributed by atoms with Gasteiger partial charge in [-0.3, -0.25) is 4.79 Å². The second kappa shape index (κ2) is 6.53. The van der Waals surface area contributed by atoms with Gasteiger partial charge in [-0.2, -0.15) is 11.8 Å². The number of hydrogen-bond acceptors (Lipinski definition) is 2. The highest BCUT2D eigenvalue weighted by atomic mass is 32.2. The van der Waals surface area contributed by atoms with E-state index in [0.717, 1.165) is 12.2 Å². The van der Waals surface area contributed by atoms with Crippen molar-refractivity contribution in [2.24, 2.45) is 0 Å². The summed E-state index contributed by atoms with van der Waals surface area (Å²) < 4.78 is 0. The average Bonchev–Trinajstić information content (AvgIpc) is 1.87. The number of amides is 1. The monoisotopic (exact) mass is 175 g/mol. The van der Waals surface area contributed by atoms with Crippen molar-refractivity contribution in [2.75, 3.05) is 12.0 Å². The fourth-order valence-electron chi connectivity index (χ4n) is 0.866. The van der Waals surface area contributed by atoms with Crippen molar-refractivity contribution >= 4 is 17.7 Å². The van der Waals surface area contributed by atoms with Gasteiger partial charge in [-0.1, -0.05) is 6.92 Å². The molecular weight excluding hydrogens is 158 g/mol. The normalized spacial score (nSPS) is 12.6. The van der Waals surface area contributed by atoms with Crippen LogP contribution in [0.15, 0.2) is 0 Å². The van der Waals surface area contributed by atoms with Crippen molar-refractivity contribution in [1.29, 1.82) is 0 Å². The van der Waals surface area contributed by atoms with Gasteiger partial charge in [0.05, 0.1) is 0 Å². The molecule has 0 aliphatic carbocycles. The van der Waals surface area contributed by atoms with Crippen LogP contribution in [0.5, 0.6) is 0 Å². The maximum Gasteiger partial charge on any atom is 0.220 e. The highest BCUT2D eigenvalue weighted by molar-refractivity contribution is 7.98. The Morgan fingerprint density at radius 1 is 1.64 bits per heavy atom. The number of carbonyl (C=O) groups excluding carboxylic acids is 1. The SMILES string of the molecule is CCCC(=O)NC(C)CSC. The molecule has 1 unspecified atom stereocenters. The van der Waals surface area contributed by atoms with Gasteiger partial charge in [-0.25, -0.2) is 0 Å². The molecule has 1 amide bonds. The molecule has 0 aromatic carbocycles. The minimum Gasteiger partial charge on any atom is -0.353 e. The van der Waals surface area contributed by atoms with Crippen molar-refractivity contribution in [2.45, 2.75) is 32.7 Å². The molecule has 0 spiro atoms. The van der Waals surface area contributed by atoms with E-state index in [1.165, 1.54) is 0 Å². The van der Waals surface area contributed by atoms with Crippen molar-refractivity contribution in [1.82, 2.24) is 5.32 Å². The van der Waals surface area contributed by atoms with Gasteiger partial charge in [0.2, 0.25) is 5.91 Å². The van der Waals surface area contributed by atoms with Crippen LogP contribution in [-0.2, 0) is 4.79 Å². The summed E-state index contributed by atoms with van der Waals surface area (Å²) in [6.45, 7) is 4.04. The molecule has 0 aromatic rings. The number of nitrogens with one attached hydrogen (secondary N) is 1. The first-order valence-corrected chi connectivity index (χ1v) is 5.38. The largest absolute Gasteiger partial charge is 0.353 e. The van der Waals surface area contributed by atoms with E-state index >= 15 is 0 Å². The lowest BCUT2D eigenvalue weighted by molar-refractivity contribution is -0.121. The van der Waals surface area contributed by atoms with Crippen LogP contribution in [0.4, 0.5) is 0 Å². The summed E-state index contributed by atoms with van der Waals surface area (Å²) in [5, 5.41) is 2.92. The summed E-state index contributed by atoms with van der Waals surface area (Å²) in [7, 11) is 0. The van der Waals surface area contributed by atoms with Crippen molar-refractivity contribution in [3.63, 3.8) is 0 Å². The zero-order valence-electron chi connectivity index (χ0n) is 7.52. The van der Waals surface area contributed by atoms with Gasteiger partial charge in [0.25, 0.3) is 0 Å². The molecular formula is C8H17NOS. The standard InChI is InChI=1S/C8H17NOS/c1-4-5-8(10)9-7(2)6-11-3/h7H,4-6H2,1-3H3,(H,9,10). The lowest BCUT2D eigenvalue weighted by atomic mass is 10.3. The van der Waals surface area contributed by atoms with Crippen LogP contribution >= 0.6 is 11.8 Å². The van der Waals surface area contributed by atoms with E-state index in [0.29, 0.717) is 12.5 Å². The Morgan fingerprint density at radius 3 is 2.73 bits per heavy atom. The molecule has 0 aliphatic heterocycles. The van der Waals surface area contributed by atoms with Crippen molar-refractivity contribution < 1.29 is 4.79 Å². The Labute approximate surface area is 73.1 Å². The number of thioether (sulfide) groups is 1. The minimum atomic E-state index is 0.175. The smallest absolute Gasteiger partial charge is 0.220 e. The van der Waals surface area contributed by atoms with Crippen LogP contribution in [0.1, 0.15) is 26.7 Å². The number of rotatable bonds is 5. The third kappa shape index (κ3) is 6.23. The molecule has 3 heteroatoms. The van der Waals surface area contributed by atoms with E-state index in [2.05, 4.69) is 5.32 Å². The highest BCUT2D eigenvalue weighted by Gasteiger charge is 2.04. The van der Waals surface area contributed by atoms with Crippen molar-refractivity contribution in [3.8, 4) is 0 Å². The Kier molecular flexibility index (Phi) is 6.42. The summed E-state index contributed by atoms with van der Waals surface area (Å²) in [6.07, 6.45) is 3.62. The first kappa shape index (κ1) is 10.8. The average molecular weight is 175 g/mol. The topological polar surface area (TPSA) is 29.1 Å². The molecule has 11 heavy (non-hydrogen) atoms. The van der Waals surface area contributed by atoms with Gasteiger partial charge in [0.15, 0.2) is 0 Å². The second-order valence-corrected chi connectivity index (χ2v) is 3.58. The predicted octanol–water partition coefficient (Wildman–Crippen LogP) is 1.65. The van der Waals surface area contributed by atoms with E-state index in [9.17, 15) is 4.79 Å². The molecule has 0 saturated heterocycles. The summed E-state index contributed by atoms with van der Waals surface area (Å²) >= 11 is 1.76. The van der Waals surface area contributed by atoms with Crippen LogP contribution in [0.25, 0.3) is 0 Å². The van der Waals surface area contributed by atoms with Gasteiger partial charge >= 0.3 is 0 Å². The van der Waals surface area contributed by atoms with Gasteiger partial charge in [-0.15, -0.1) is 0 Å².